The van der Waals surface area contributed by atoms with Gasteiger partial charge in [-0.1, -0.05) is 6.07 Å². The van der Waals surface area contributed by atoms with Crippen LogP contribution in [0.5, 0.6) is 11.6 Å². The molecule has 132 valence electrons. The van der Waals surface area contributed by atoms with E-state index in [9.17, 15) is 4.79 Å². The lowest BCUT2D eigenvalue weighted by atomic mass is 10.1. The summed E-state index contributed by atoms with van der Waals surface area (Å²) >= 11 is 0. The molecule has 0 fully saturated rings. The molecular weight excluding hydrogens is 318 g/mol. The van der Waals surface area contributed by atoms with E-state index in [1.54, 1.807) is 12.0 Å². The molecule has 1 aliphatic heterocycles. The molecule has 2 amide bonds. The number of nitrogens with zero attached hydrogens (tertiary/aromatic N) is 2. The van der Waals surface area contributed by atoms with Gasteiger partial charge in [0.15, 0.2) is 0 Å². The molecule has 2 aromatic rings. The van der Waals surface area contributed by atoms with Gasteiger partial charge in [0.05, 0.1) is 19.4 Å². The Hall–Kier alpha value is -2.76. The number of urea groups is 1. The minimum Gasteiger partial charge on any atom is -0.497 e. The lowest BCUT2D eigenvalue weighted by Gasteiger charge is -2.28. The van der Waals surface area contributed by atoms with E-state index in [0.717, 1.165) is 34.7 Å². The zero-order chi connectivity index (χ0) is 17.8. The van der Waals surface area contributed by atoms with Crippen molar-refractivity contribution in [3.8, 4) is 11.6 Å². The highest BCUT2D eigenvalue weighted by molar-refractivity contribution is 5.90. The fourth-order valence-electron chi connectivity index (χ4n) is 2.90. The normalized spacial score (nSPS) is 13.2. The fraction of sp³-hybridized carbons (Fsp3) is 0.368. The molecule has 1 aromatic carbocycles. The smallest absolute Gasteiger partial charge is 0.322 e. The number of pyridine rings is 1. The summed E-state index contributed by atoms with van der Waals surface area (Å²) in [4.78, 5) is 18.9. The molecule has 0 radical (unpaired) electrons. The number of carbonyl (C=O) groups is 1. The van der Waals surface area contributed by atoms with Crippen molar-refractivity contribution >= 4 is 11.7 Å². The first-order chi connectivity index (χ1) is 12.1. The number of rotatable bonds is 4. The van der Waals surface area contributed by atoms with E-state index in [1.807, 2.05) is 44.2 Å². The molecule has 2 heterocycles. The van der Waals surface area contributed by atoms with Crippen LogP contribution >= 0.6 is 0 Å². The molecule has 0 bridgehead atoms. The summed E-state index contributed by atoms with van der Waals surface area (Å²) in [6.45, 7) is 5.67. The Labute approximate surface area is 147 Å². The maximum Gasteiger partial charge on any atom is 0.322 e. The number of anilines is 1. The van der Waals surface area contributed by atoms with Gasteiger partial charge >= 0.3 is 6.03 Å². The van der Waals surface area contributed by atoms with Crippen LogP contribution < -0.4 is 14.8 Å². The Kier molecular flexibility index (Phi) is 5.07. The van der Waals surface area contributed by atoms with Gasteiger partial charge in [0.1, 0.15) is 5.75 Å². The second-order valence-corrected chi connectivity index (χ2v) is 5.97. The van der Waals surface area contributed by atoms with Crippen LogP contribution in [0.3, 0.4) is 0 Å². The van der Waals surface area contributed by atoms with Gasteiger partial charge in [-0.05, 0) is 43.2 Å². The minimum atomic E-state index is -0.104. The SMILES string of the molecule is CCOc1ccc2c(n1)CCN(C(=O)Nc1ccc(OC)cc1C)C2. The van der Waals surface area contributed by atoms with Crippen LogP contribution in [0.2, 0.25) is 0 Å². The lowest BCUT2D eigenvalue weighted by molar-refractivity contribution is 0.205. The van der Waals surface area contributed by atoms with Crippen molar-refractivity contribution in [2.45, 2.75) is 26.8 Å². The molecule has 6 heteroatoms. The van der Waals surface area contributed by atoms with Gasteiger partial charge in [0.25, 0.3) is 0 Å². The van der Waals surface area contributed by atoms with Gasteiger partial charge in [-0.25, -0.2) is 9.78 Å². The molecule has 1 aromatic heterocycles. The predicted octanol–water partition coefficient (Wildman–Crippen LogP) is 3.39. The third-order valence-electron chi connectivity index (χ3n) is 4.28. The van der Waals surface area contributed by atoms with Crippen LogP contribution in [0.1, 0.15) is 23.7 Å². The average Bonchev–Trinajstić information content (AvgIpc) is 2.63. The number of aryl methyl sites for hydroxylation is 1. The Morgan fingerprint density at radius 1 is 1.32 bits per heavy atom. The number of benzene rings is 1. The summed E-state index contributed by atoms with van der Waals surface area (Å²) in [5.74, 6) is 1.42. The van der Waals surface area contributed by atoms with E-state index in [1.165, 1.54) is 0 Å². The van der Waals surface area contributed by atoms with E-state index >= 15 is 0 Å². The summed E-state index contributed by atoms with van der Waals surface area (Å²) in [5, 5.41) is 2.98. The number of nitrogens with one attached hydrogen (secondary N) is 1. The zero-order valence-corrected chi connectivity index (χ0v) is 14.8. The van der Waals surface area contributed by atoms with Gasteiger partial charge in [-0.2, -0.15) is 0 Å². The number of hydrogen-bond acceptors (Lipinski definition) is 4. The van der Waals surface area contributed by atoms with Crippen molar-refractivity contribution in [1.82, 2.24) is 9.88 Å². The van der Waals surface area contributed by atoms with Crippen LogP contribution in [0.25, 0.3) is 0 Å². The molecule has 0 atom stereocenters. The Morgan fingerprint density at radius 3 is 2.88 bits per heavy atom. The number of aromatic nitrogens is 1. The van der Waals surface area contributed by atoms with Gasteiger partial charge < -0.3 is 19.7 Å². The van der Waals surface area contributed by atoms with Crippen molar-refractivity contribution in [2.24, 2.45) is 0 Å². The van der Waals surface area contributed by atoms with E-state index in [-0.39, 0.29) is 6.03 Å². The van der Waals surface area contributed by atoms with E-state index in [0.29, 0.717) is 25.6 Å². The number of carbonyl (C=O) groups excluding carboxylic acids is 1. The number of ether oxygens (including phenoxy) is 2. The lowest BCUT2D eigenvalue weighted by Crippen LogP contribution is -2.39. The Balaban J connectivity index is 1.68. The third kappa shape index (κ3) is 3.84. The summed E-state index contributed by atoms with van der Waals surface area (Å²) in [5.41, 5.74) is 3.83. The molecule has 0 saturated carbocycles. The largest absolute Gasteiger partial charge is 0.497 e. The second-order valence-electron chi connectivity index (χ2n) is 5.97. The van der Waals surface area contributed by atoms with E-state index in [4.69, 9.17) is 9.47 Å². The maximum atomic E-state index is 12.6. The maximum absolute atomic E-state index is 12.6. The zero-order valence-electron chi connectivity index (χ0n) is 14.8. The van der Waals surface area contributed by atoms with E-state index < -0.39 is 0 Å². The molecule has 3 rings (SSSR count). The molecule has 0 saturated heterocycles. The third-order valence-corrected chi connectivity index (χ3v) is 4.28. The van der Waals surface area contributed by atoms with Crippen LogP contribution in [-0.2, 0) is 13.0 Å². The van der Waals surface area contributed by atoms with Crippen molar-refractivity contribution < 1.29 is 14.3 Å². The van der Waals surface area contributed by atoms with Crippen LogP contribution in [0, 0.1) is 6.92 Å². The monoisotopic (exact) mass is 341 g/mol. The summed E-state index contributed by atoms with van der Waals surface area (Å²) < 4.78 is 10.6. The number of hydrogen-bond donors (Lipinski definition) is 1. The summed E-state index contributed by atoms with van der Waals surface area (Å²) in [6, 6.07) is 9.35. The van der Waals surface area contributed by atoms with Crippen molar-refractivity contribution in [3.63, 3.8) is 0 Å². The standard InChI is InChI=1S/C19H23N3O3/c1-4-25-18-8-5-14-12-22(10-9-17(14)20-18)19(23)21-16-7-6-15(24-3)11-13(16)2/h5-8,11H,4,9-10,12H2,1-3H3,(H,21,23). The molecule has 1 N–H and O–H groups in total. The van der Waals surface area contributed by atoms with Gasteiger partial charge in [0.2, 0.25) is 5.88 Å². The number of methoxy groups -OCH3 is 1. The number of fused-ring (bicyclic) bond motifs is 1. The molecule has 25 heavy (non-hydrogen) atoms. The Morgan fingerprint density at radius 2 is 2.16 bits per heavy atom. The molecule has 0 aliphatic carbocycles. The first-order valence-corrected chi connectivity index (χ1v) is 8.43. The van der Waals surface area contributed by atoms with Gasteiger partial charge in [-0.15, -0.1) is 0 Å². The number of amides is 2. The van der Waals surface area contributed by atoms with Gasteiger partial charge in [0, 0.05) is 31.3 Å². The first-order valence-electron chi connectivity index (χ1n) is 8.43. The molecule has 6 nitrogen and oxygen atoms in total. The molecule has 1 aliphatic rings. The van der Waals surface area contributed by atoms with Gasteiger partial charge in [-0.3, -0.25) is 0 Å². The predicted molar refractivity (Wildman–Crippen MR) is 96.3 cm³/mol. The molecule has 0 spiro atoms. The van der Waals surface area contributed by atoms with Crippen LogP contribution in [0.4, 0.5) is 10.5 Å². The second kappa shape index (κ2) is 7.42. The fourth-order valence-corrected chi connectivity index (χ4v) is 2.90. The highest BCUT2D eigenvalue weighted by atomic mass is 16.5. The van der Waals surface area contributed by atoms with E-state index in [2.05, 4.69) is 10.3 Å². The van der Waals surface area contributed by atoms with Crippen molar-refractivity contribution in [2.75, 3.05) is 25.6 Å². The highest BCUT2D eigenvalue weighted by Crippen LogP contribution is 2.24. The Bertz CT molecular complexity index is 777. The summed E-state index contributed by atoms with van der Waals surface area (Å²) in [7, 11) is 1.63. The van der Waals surface area contributed by atoms with Crippen LogP contribution in [-0.4, -0.2) is 36.2 Å². The quantitative estimate of drug-likeness (QED) is 0.926. The molecular formula is C19H23N3O3. The molecule has 0 unspecified atom stereocenters. The topological polar surface area (TPSA) is 63.7 Å². The highest BCUT2D eigenvalue weighted by Gasteiger charge is 2.22. The first kappa shape index (κ1) is 17.1. The minimum absolute atomic E-state index is 0.104. The van der Waals surface area contributed by atoms with Crippen LogP contribution in [0.15, 0.2) is 30.3 Å². The summed E-state index contributed by atoms with van der Waals surface area (Å²) in [6.07, 6.45) is 0.727. The van der Waals surface area contributed by atoms with Crippen molar-refractivity contribution in [3.05, 3.63) is 47.2 Å². The average molecular weight is 341 g/mol. The van der Waals surface area contributed by atoms with Crippen molar-refractivity contribution in [1.29, 1.82) is 0 Å².